The van der Waals surface area contributed by atoms with Crippen molar-refractivity contribution < 1.29 is 14.0 Å². The molecule has 2 amide bonds. The van der Waals surface area contributed by atoms with Gasteiger partial charge < -0.3 is 15.2 Å². The normalized spacial score (nSPS) is 17.2. The molecule has 5 nitrogen and oxygen atoms in total. The van der Waals surface area contributed by atoms with Crippen molar-refractivity contribution in [2.24, 2.45) is 0 Å². The maximum atomic E-state index is 13.3. The highest BCUT2D eigenvalue weighted by molar-refractivity contribution is 6.03. The van der Waals surface area contributed by atoms with Gasteiger partial charge in [-0.15, -0.1) is 0 Å². The third kappa shape index (κ3) is 2.97. The van der Waals surface area contributed by atoms with Gasteiger partial charge in [-0.25, -0.2) is 4.39 Å². The van der Waals surface area contributed by atoms with Gasteiger partial charge in [-0.3, -0.25) is 9.59 Å². The summed E-state index contributed by atoms with van der Waals surface area (Å²) in [6.07, 6.45) is 0. The van der Waals surface area contributed by atoms with E-state index in [1.54, 1.807) is 17.0 Å². The quantitative estimate of drug-likeness (QED) is 0.732. The highest BCUT2D eigenvalue weighted by Crippen LogP contribution is 2.29. The Morgan fingerprint density at radius 3 is 2.63 bits per heavy atom. The number of hydrogen-bond acceptors (Lipinski definition) is 2. The van der Waals surface area contributed by atoms with Crippen molar-refractivity contribution in [3.63, 3.8) is 0 Å². The molecule has 1 atom stereocenters. The third-order valence-corrected chi connectivity index (χ3v) is 5.09. The number of hydrogen-bond donors (Lipinski definition) is 2. The average Bonchev–Trinajstić information content (AvgIpc) is 2.98. The summed E-state index contributed by atoms with van der Waals surface area (Å²) < 4.78 is 13.3. The molecule has 0 saturated carbocycles. The molecule has 1 aliphatic rings. The Balaban J connectivity index is 1.75. The Bertz CT molecular complexity index is 1040. The molecular weight excluding hydrogens is 345 g/mol. The first-order valence-electron chi connectivity index (χ1n) is 8.89. The average molecular weight is 365 g/mol. The van der Waals surface area contributed by atoms with Gasteiger partial charge in [0.1, 0.15) is 17.6 Å². The summed E-state index contributed by atoms with van der Waals surface area (Å²) in [5.74, 6) is -0.869. The van der Waals surface area contributed by atoms with E-state index in [-0.39, 0.29) is 17.6 Å². The number of aromatic amines is 1. The zero-order valence-corrected chi connectivity index (χ0v) is 15.2. The summed E-state index contributed by atoms with van der Waals surface area (Å²) in [5, 5.41) is 3.79. The minimum absolute atomic E-state index is 0.231. The van der Waals surface area contributed by atoms with Crippen molar-refractivity contribution in [1.82, 2.24) is 15.2 Å². The maximum absolute atomic E-state index is 13.3. The van der Waals surface area contributed by atoms with E-state index in [0.29, 0.717) is 24.3 Å². The lowest BCUT2D eigenvalue weighted by Crippen LogP contribution is -2.52. The Morgan fingerprint density at radius 1 is 1.15 bits per heavy atom. The van der Waals surface area contributed by atoms with E-state index in [1.165, 1.54) is 12.1 Å². The van der Waals surface area contributed by atoms with Gasteiger partial charge in [0.25, 0.3) is 5.91 Å². The summed E-state index contributed by atoms with van der Waals surface area (Å²) >= 11 is 0. The van der Waals surface area contributed by atoms with Crippen molar-refractivity contribution in [3.8, 4) is 0 Å². The molecule has 2 heterocycles. The second kappa shape index (κ2) is 6.54. The van der Waals surface area contributed by atoms with E-state index >= 15 is 0 Å². The van der Waals surface area contributed by atoms with Crippen LogP contribution in [0.4, 0.5) is 4.39 Å². The summed E-state index contributed by atoms with van der Waals surface area (Å²) in [5.41, 5.74) is 3.94. The second-order valence-corrected chi connectivity index (χ2v) is 6.92. The first-order chi connectivity index (χ1) is 13.0. The summed E-state index contributed by atoms with van der Waals surface area (Å²) in [6, 6.07) is 10.9. The smallest absolute Gasteiger partial charge is 0.271 e. The number of nitrogens with one attached hydrogen (secondary N) is 2. The fourth-order valence-corrected chi connectivity index (χ4v) is 3.66. The van der Waals surface area contributed by atoms with Crippen LogP contribution < -0.4 is 5.32 Å². The lowest BCUT2D eigenvalue weighted by molar-refractivity contribution is -0.128. The molecule has 2 aromatic carbocycles. The molecule has 1 fully saturated rings. The van der Waals surface area contributed by atoms with E-state index in [4.69, 9.17) is 0 Å². The highest BCUT2D eigenvalue weighted by Gasteiger charge is 2.36. The van der Waals surface area contributed by atoms with Crippen LogP contribution in [0.15, 0.2) is 42.5 Å². The number of amides is 2. The molecule has 0 bridgehead atoms. The van der Waals surface area contributed by atoms with Gasteiger partial charge in [-0.05, 0) is 49.2 Å². The molecule has 0 aliphatic carbocycles. The van der Waals surface area contributed by atoms with Crippen molar-refractivity contribution in [2.45, 2.75) is 19.9 Å². The lowest BCUT2D eigenvalue weighted by atomic mass is 10.0. The number of halogens is 1. The van der Waals surface area contributed by atoms with Crippen molar-refractivity contribution in [1.29, 1.82) is 0 Å². The van der Waals surface area contributed by atoms with Crippen molar-refractivity contribution in [3.05, 3.63) is 70.7 Å². The second-order valence-electron chi connectivity index (χ2n) is 6.92. The predicted molar refractivity (Wildman–Crippen MR) is 101 cm³/mol. The van der Waals surface area contributed by atoms with E-state index in [1.807, 2.05) is 32.0 Å². The predicted octanol–water partition coefficient (Wildman–Crippen LogP) is 3.24. The molecule has 0 spiro atoms. The zero-order chi connectivity index (χ0) is 19.1. The molecule has 4 rings (SSSR count). The molecule has 27 heavy (non-hydrogen) atoms. The van der Waals surface area contributed by atoms with Crippen LogP contribution >= 0.6 is 0 Å². The Kier molecular flexibility index (Phi) is 4.18. The molecule has 138 valence electrons. The summed E-state index contributed by atoms with van der Waals surface area (Å²) in [4.78, 5) is 30.6. The SMILES string of the molecule is Cc1ccc2[nH]c(C(=O)N3CCNC(=O)C3c3ccc(F)cc3)c(C)c2c1. The van der Waals surface area contributed by atoms with E-state index < -0.39 is 6.04 Å². The molecule has 1 unspecified atom stereocenters. The van der Waals surface area contributed by atoms with Crippen LogP contribution in [0, 0.1) is 19.7 Å². The third-order valence-electron chi connectivity index (χ3n) is 5.09. The molecule has 6 heteroatoms. The Morgan fingerprint density at radius 2 is 1.89 bits per heavy atom. The molecule has 2 N–H and O–H groups in total. The van der Waals surface area contributed by atoms with Crippen LogP contribution in [0.5, 0.6) is 0 Å². The number of aromatic nitrogens is 1. The number of carbonyl (C=O) groups is 2. The first-order valence-corrected chi connectivity index (χ1v) is 8.89. The highest BCUT2D eigenvalue weighted by atomic mass is 19.1. The van der Waals surface area contributed by atoms with Crippen LogP contribution in [0.25, 0.3) is 10.9 Å². The minimum atomic E-state index is -0.778. The number of rotatable bonds is 2. The van der Waals surface area contributed by atoms with E-state index in [9.17, 15) is 14.0 Å². The number of nitrogens with zero attached hydrogens (tertiary/aromatic N) is 1. The molecule has 0 radical (unpaired) electrons. The van der Waals surface area contributed by atoms with Gasteiger partial charge >= 0.3 is 0 Å². The van der Waals surface area contributed by atoms with Crippen LogP contribution in [-0.4, -0.2) is 34.8 Å². The molecule has 1 saturated heterocycles. The largest absolute Gasteiger partial charge is 0.352 e. The number of aryl methyl sites for hydroxylation is 2. The number of piperazine rings is 1. The van der Waals surface area contributed by atoms with Gasteiger partial charge in [0, 0.05) is 24.0 Å². The fraction of sp³-hybridized carbons (Fsp3) is 0.238. The monoisotopic (exact) mass is 365 g/mol. The number of carbonyl (C=O) groups excluding carboxylic acids is 2. The van der Waals surface area contributed by atoms with E-state index in [0.717, 1.165) is 22.0 Å². The molecule has 3 aromatic rings. The van der Waals surface area contributed by atoms with Crippen LogP contribution in [-0.2, 0) is 4.79 Å². The Labute approximate surface area is 156 Å². The molecule has 1 aliphatic heterocycles. The first kappa shape index (κ1) is 17.3. The minimum Gasteiger partial charge on any atom is -0.352 e. The van der Waals surface area contributed by atoms with Crippen molar-refractivity contribution >= 4 is 22.7 Å². The van der Waals surface area contributed by atoms with Crippen LogP contribution in [0.3, 0.4) is 0 Å². The topological polar surface area (TPSA) is 65.2 Å². The fourth-order valence-electron chi connectivity index (χ4n) is 3.66. The summed E-state index contributed by atoms with van der Waals surface area (Å²) in [6.45, 7) is 4.69. The summed E-state index contributed by atoms with van der Waals surface area (Å²) in [7, 11) is 0. The van der Waals surface area contributed by atoms with Gasteiger partial charge in [-0.2, -0.15) is 0 Å². The van der Waals surface area contributed by atoms with E-state index in [2.05, 4.69) is 10.3 Å². The standard InChI is InChI=1S/C21H20FN3O2/c1-12-3-8-17-16(11-12)13(2)18(24-17)21(27)25-10-9-23-20(26)19(25)14-4-6-15(22)7-5-14/h3-8,11,19,24H,9-10H2,1-2H3,(H,23,26). The number of benzene rings is 2. The Hall–Kier alpha value is -3.15. The maximum Gasteiger partial charge on any atom is 0.271 e. The van der Waals surface area contributed by atoms with Crippen LogP contribution in [0.2, 0.25) is 0 Å². The number of fused-ring (bicyclic) bond motifs is 1. The van der Waals surface area contributed by atoms with Gasteiger partial charge in [0.2, 0.25) is 5.91 Å². The molecule has 1 aromatic heterocycles. The van der Waals surface area contributed by atoms with Crippen molar-refractivity contribution in [2.75, 3.05) is 13.1 Å². The van der Waals surface area contributed by atoms with Gasteiger partial charge in [-0.1, -0.05) is 23.8 Å². The zero-order valence-electron chi connectivity index (χ0n) is 15.2. The van der Waals surface area contributed by atoms with Gasteiger partial charge in [0.15, 0.2) is 0 Å². The number of H-pyrrole nitrogens is 1. The van der Waals surface area contributed by atoms with Gasteiger partial charge in [0.05, 0.1) is 0 Å². The van der Waals surface area contributed by atoms with Crippen LogP contribution in [0.1, 0.15) is 33.2 Å². The molecular formula is C21H20FN3O2. The lowest BCUT2D eigenvalue weighted by Gasteiger charge is -2.35.